The van der Waals surface area contributed by atoms with Crippen LogP contribution in [0.4, 0.5) is 0 Å². The van der Waals surface area contributed by atoms with Gasteiger partial charge in [0.25, 0.3) is 0 Å². The molecule has 0 bridgehead atoms. The molecular formula is C14H20ClNO2S. The Bertz CT molecular complexity index is 435. The highest BCUT2D eigenvalue weighted by Crippen LogP contribution is 2.30. The van der Waals surface area contributed by atoms with E-state index in [1.54, 1.807) is 18.9 Å². The third-order valence-corrected chi connectivity index (χ3v) is 4.95. The van der Waals surface area contributed by atoms with Gasteiger partial charge in [0, 0.05) is 28.9 Å². The van der Waals surface area contributed by atoms with Crippen molar-refractivity contribution in [3.05, 3.63) is 28.8 Å². The van der Waals surface area contributed by atoms with Gasteiger partial charge >= 0.3 is 0 Å². The third-order valence-electron chi connectivity index (χ3n) is 3.48. The van der Waals surface area contributed by atoms with Crippen molar-refractivity contribution in [3.63, 3.8) is 0 Å². The molecule has 1 saturated heterocycles. The smallest absolute Gasteiger partial charge is 0.123 e. The van der Waals surface area contributed by atoms with Crippen LogP contribution in [0.15, 0.2) is 18.2 Å². The first kappa shape index (κ1) is 15.0. The standard InChI is InChI=1S/C14H20ClNO2S/c1-10(16-8-14(17)5-6-19-9-14)12-7-11(15)3-4-13(12)18-2/h3-4,7,10,16-17H,5-6,8-9H2,1-2H3. The summed E-state index contributed by atoms with van der Waals surface area (Å²) in [6, 6.07) is 5.68. The average Bonchev–Trinajstić information content (AvgIpc) is 2.83. The first-order chi connectivity index (χ1) is 9.04. The molecular weight excluding hydrogens is 282 g/mol. The van der Waals surface area contributed by atoms with Gasteiger partial charge in [-0.15, -0.1) is 0 Å². The summed E-state index contributed by atoms with van der Waals surface area (Å²) in [5.41, 5.74) is 0.439. The zero-order chi connectivity index (χ0) is 13.9. The number of ether oxygens (including phenoxy) is 1. The molecule has 0 amide bonds. The van der Waals surface area contributed by atoms with Crippen LogP contribution in [0.2, 0.25) is 5.02 Å². The van der Waals surface area contributed by atoms with Crippen molar-refractivity contribution < 1.29 is 9.84 Å². The molecule has 0 spiro atoms. The molecule has 0 aliphatic carbocycles. The van der Waals surface area contributed by atoms with Crippen molar-refractivity contribution in [1.29, 1.82) is 0 Å². The molecule has 1 aliphatic rings. The van der Waals surface area contributed by atoms with Crippen LogP contribution < -0.4 is 10.1 Å². The Morgan fingerprint density at radius 1 is 1.58 bits per heavy atom. The molecule has 2 unspecified atom stereocenters. The Hall–Kier alpha value is -0.420. The van der Waals surface area contributed by atoms with E-state index in [-0.39, 0.29) is 6.04 Å². The maximum absolute atomic E-state index is 10.3. The molecule has 1 heterocycles. The fourth-order valence-electron chi connectivity index (χ4n) is 2.23. The van der Waals surface area contributed by atoms with Crippen molar-refractivity contribution in [3.8, 4) is 5.75 Å². The summed E-state index contributed by atoms with van der Waals surface area (Å²) < 4.78 is 5.35. The molecule has 0 aromatic heterocycles. The Morgan fingerprint density at radius 2 is 2.37 bits per heavy atom. The Balaban J connectivity index is 2.03. The Labute approximate surface area is 123 Å². The molecule has 5 heteroatoms. The average molecular weight is 302 g/mol. The van der Waals surface area contributed by atoms with Gasteiger partial charge in [-0.3, -0.25) is 0 Å². The van der Waals surface area contributed by atoms with Crippen LogP contribution in [-0.2, 0) is 0 Å². The maximum atomic E-state index is 10.3. The minimum atomic E-state index is -0.579. The van der Waals surface area contributed by atoms with Crippen LogP contribution in [0.3, 0.4) is 0 Å². The van der Waals surface area contributed by atoms with E-state index in [0.29, 0.717) is 11.6 Å². The van der Waals surface area contributed by atoms with E-state index in [9.17, 15) is 5.11 Å². The molecule has 1 aromatic rings. The highest BCUT2D eigenvalue weighted by atomic mass is 35.5. The first-order valence-corrected chi connectivity index (χ1v) is 7.94. The number of methoxy groups -OCH3 is 1. The van der Waals surface area contributed by atoms with E-state index in [4.69, 9.17) is 16.3 Å². The van der Waals surface area contributed by atoms with E-state index in [0.717, 1.165) is 29.2 Å². The highest BCUT2D eigenvalue weighted by molar-refractivity contribution is 7.99. The molecule has 3 nitrogen and oxygen atoms in total. The van der Waals surface area contributed by atoms with E-state index in [1.165, 1.54) is 0 Å². The number of hydrogen-bond donors (Lipinski definition) is 2. The van der Waals surface area contributed by atoms with Crippen LogP contribution in [0.1, 0.15) is 24.9 Å². The first-order valence-electron chi connectivity index (χ1n) is 6.41. The SMILES string of the molecule is COc1ccc(Cl)cc1C(C)NCC1(O)CCSC1. The van der Waals surface area contributed by atoms with Crippen LogP contribution in [-0.4, -0.2) is 35.9 Å². The third kappa shape index (κ3) is 3.78. The summed E-state index contributed by atoms with van der Waals surface area (Å²) in [5, 5.41) is 14.4. The number of nitrogens with one attached hydrogen (secondary N) is 1. The lowest BCUT2D eigenvalue weighted by molar-refractivity contribution is 0.0650. The lowest BCUT2D eigenvalue weighted by atomic mass is 10.0. The summed E-state index contributed by atoms with van der Waals surface area (Å²) in [5.74, 6) is 2.66. The summed E-state index contributed by atoms with van der Waals surface area (Å²) in [6.07, 6.45) is 0.851. The van der Waals surface area contributed by atoms with Gasteiger partial charge < -0.3 is 15.2 Å². The van der Waals surface area contributed by atoms with Crippen molar-refractivity contribution in [2.75, 3.05) is 25.2 Å². The zero-order valence-electron chi connectivity index (χ0n) is 11.3. The quantitative estimate of drug-likeness (QED) is 0.877. The van der Waals surface area contributed by atoms with Gasteiger partial charge in [0.05, 0.1) is 12.7 Å². The van der Waals surface area contributed by atoms with Crippen LogP contribution >= 0.6 is 23.4 Å². The van der Waals surface area contributed by atoms with Crippen molar-refractivity contribution in [2.45, 2.75) is 25.0 Å². The topological polar surface area (TPSA) is 41.5 Å². The molecule has 1 aliphatic heterocycles. The molecule has 0 radical (unpaired) electrons. The minimum Gasteiger partial charge on any atom is -0.496 e. The fourth-order valence-corrected chi connectivity index (χ4v) is 3.71. The van der Waals surface area contributed by atoms with E-state index >= 15 is 0 Å². The highest BCUT2D eigenvalue weighted by Gasteiger charge is 2.31. The second-order valence-electron chi connectivity index (χ2n) is 5.02. The zero-order valence-corrected chi connectivity index (χ0v) is 12.9. The number of benzene rings is 1. The largest absolute Gasteiger partial charge is 0.496 e. The van der Waals surface area contributed by atoms with Gasteiger partial charge in [0.1, 0.15) is 5.75 Å². The van der Waals surface area contributed by atoms with E-state index in [2.05, 4.69) is 12.2 Å². The summed E-state index contributed by atoms with van der Waals surface area (Å²) in [4.78, 5) is 0. The van der Waals surface area contributed by atoms with E-state index < -0.39 is 5.60 Å². The normalized spacial score (nSPS) is 24.4. The predicted octanol–water partition coefficient (Wildman–Crippen LogP) is 2.87. The predicted molar refractivity (Wildman–Crippen MR) is 81.3 cm³/mol. The van der Waals surface area contributed by atoms with E-state index in [1.807, 2.05) is 18.2 Å². The minimum absolute atomic E-state index is 0.0864. The molecule has 0 saturated carbocycles. The molecule has 2 N–H and O–H groups in total. The van der Waals surface area contributed by atoms with Gasteiger partial charge in [-0.2, -0.15) is 11.8 Å². The second kappa shape index (κ2) is 6.35. The van der Waals surface area contributed by atoms with Crippen molar-refractivity contribution in [2.24, 2.45) is 0 Å². The number of thioether (sulfide) groups is 1. The van der Waals surface area contributed by atoms with Gasteiger partial charge in [-0.25, -0.2) is 0 Å². The summed E-state index contributed by atoms with van der Waals surface area (Å²) >= 11 is 7.84. The summed E-state index contributed by atoms with van der Waals surface area (Å²) in [6.45, 7) is 2.65. The monoisotopic (exact) mass is 301 g/mol. The lowest BCUT2D eigenvalue weighted by Crippen LogP contribution is -2.41. The lowest BCUT2D eigenvalue weighted by Gasteiger charge is -2.25. The fraction of sp³-hybridized carbons (Fsp3) is 0.571. The second-order valence-corrected chi connectivity index (χ2v) is 6.56. The molecule has 1 fully saturated rings. The van der Waals surface area contributed by atoms with Gasteiger partial charge in [-0.1, -0.05) is 11.6 Å². The van der Waals surface area contributed by atoms with Crippen LogP contribution in [0.5, 0.6) is 5.75 Å². The molecule has 2 rings (SSSR count). The number of rotatable bonds is 5. The Morgan fingerprint density at radius 3 is 3.00 bits per heavy atom. The van der Waals surface area contributed by atoms with Gasteiger partial charge in [0.15, 0.2) is 0 Å². The molecule has 19 heavy (non-hydrogen) atoms. The van der Waals surface area contributed by atoms with Crippen molar-refractivity contribution >= 4 is 23.4 Å². The number of aliphatic hydroxyl groups is 1. The molecule has 2 atom stereocenters. The van der Waals surface area contributed by atoms with Gasteiger partial charge in [0.2, 0.25) is 0 Å². The number of hydrogen-bond acceptors (Lipinski definition) is 4. The van der Waals surface area contributed by atoms with Crippen LogP contribution in [0, 0.1) is 0 Å². The maximum Gasteiger partial charge on any atom is 0.123 e. The molecule has 106 valence electrons. The Kier molecular flexibility index (Phi) is 5.01. The van der Waals surface area contributed by atoms with Crippen molar-refractivity contribution in [1.82, 2.24) is 5.32 Å². The number of halogens is 1. The van der Waals surface area contributed by atoms with Gasteiger partial charge in [-0.05, 0) is 37.3 Å². The molecule has 1 aromatic carbocycles. The van der Waals surface area contributed by atoms with Crippen LogP contribution in [0.25, 0.3) is 0 Å². The summed E-state index contributed by atoms with van der Waals surface area (Å²) in [7, 11) is 1.65.